The molecule has 0 aliphatic carbocycles. The Morgan fingerprint density at radius 2 is 1.96 bits per heavy atom. The van der Waals surface area contributed by atoms with Gasteiger partial charge in [-0.1, -0.05) is 19.9 Å². The molecule has 1 heterocycles. The third-order valence-electron chi connectivity index (χ3n) is 4.61. The van der Waals surface area contributed by atoms with Gasteiger partial charge in [-0.05, 0) is 31.2 Å². The lowest BCUT2D eigenvalue weighted by molar-refractivity contribution is -0.384. The van der Waals surface area contributed by atoms with E-state index in [1.807, 2.05) is 6.92 Å². The van der Waals surface area contributed by atoms with E-state index in [0.717, 1.165) is 19.6 Å². The standard InChI is InChI=1S/C19H28N4O4/c1-13-7-14(2)11-22(10-13)12-15(3)21-18(24)9-20-19(25)16-5-4-6-17(8-16)23(26)27/h4-6,8,13-15H,7,9-12H2,1-3H3,(H,20,25)(H,21,24). The molecule has 1 saturated heterocycles. The summed E-state index contributed by atoms with van der Waals surface area (Å²) < 4.78 is 0. The van der Waals surface area contributed by atoms with E-state index in [2.05, 4.69) is 29.4 Å². The zero-order chi connectivity index (χ0) is 20.0. The average Bonchev–Trinajstić information content (AvgIpc) is 2.58. The molecule has 3 atom stereocenters. The first kappa shape index (κ1) is 20.8. The number of rotatable bonds is 7. The van der Waals surface area contributed by atoms with Crippen molar-refractivity contribution in [2.45, 2.75) is 33.2 Å². The van der Waals surface area contributed by atoms with Crippen LogP contribution in [0.1, 0.15) is 37.6 Å². The smallest absolute Gasteiger partial charge is 0.270 e. The largest absolute Gasteiger partial charge is 0.351 e. The van der Waals surface area contributed by atoms with Crippen molar-refractivity contribution in [2.24, 2.45) is 11.8 Å². The van der Waals surface area contributed by atoms with Crippen LogP contribution in [0, 0.1) is 22.0 Å². The van der Waals surface area contributed by atoms with Gasteiger partial charge in [0.05, 0.1) is 11.5 Å². The van der Waals surface area contributed by atoms with E-state index in [1.165, 1.54) is 30.7 Å². The summed E-state index contributed by atoms with van der Waals surface area (Å²) >= 11 is 0. The Morgan fingerprint density at radius 3 is 2.59 bits per heavy atom. The molecule has 0 spiro atoms. The van der Waals surface area contributed by atoms with E-state index in [0.29, 0.717) is 11.8 Å². The number of hydrogen-bond donors (Lipinski definition) is 2. The highest BCUT2D eigenvalue weighted by Gasteiger charge is 2.23. The Bertz CT molecular complexity index is 684. The van der Waals surface area contributed by atoms with Gasteiger partial charge < -0.3 is 15.5 Å². The highest BCUT2D eigenvalue weighted by atomic mass is 16.6. The van der Waals surface area contributed by atoms with Crippen LogP contribution in [0.5, 0.6) is 0 Å². The van der Waals surface area contributed by atoms with Crippen LogP contribution in [-0.2, 0) is 4.79 Å². The number of benzene rings is 1. The van der Waals surface area contributed by atoms with Crippen LogP contribution in [-0.4, -0.2) is 53.9 Å². The molecule has 0 bridgehead atoms. The van der Waals surface area contributed by atoms with Crippen molar-refractivity contribution in [3.63, 3.8) is 0 Å². The van der Waals surface area contributed by atoms with E-state index in [-0.39, 0.29) is 29.7 Å². The third-order valence-corrected chi connectivity index (χ3v) is 4.61. The molecule has 0 radical (unpaired) electrons. The summed E-state index contributed by atoms with van der Waals surface area (Å²) in [6, 6.07) is 5.39. The number of non-ortho nitro benzene ring substituents is 1. The molecule has 27 heavy (non-hydrogen) atoms. The second-order valence-corrected chi connectivity index (χ2v) is 7.62. The number of nitro groups is 1. The first-order valence-corrected chi connectivity index (χ1v) is 9.29. The van der Waals surface area contributed by atoms with Crippen molar-refractivity contribution in [3.05, 3.63) is 39.9 Å². The fourth-order valence-corrected chi connectivity index (χ4v) is 3.72. The predicted molar refractivity (Wildman–Crippen MR) is 102 cm³/mol. The van der Waals surface area contributed by atoms with Crippen molar-refractivity contribution in [1.82, 2.24) is 15.5 Å². The zero-order valence-electron chi connectivity index (χ0n) is 16.1. The number of nitrogens with one attached hydrogen (secondary N) is 2. The Kier molecular flexibility index (Phi) is 7.29. The van der Waals surface area contributed by atoms with E-state index < -0.39 is 10.8 Å². The van der Waals surface area contributed by atoms with Crippen molar-refractivity contribution in [1.29, 1.82) is 0 Å². The molecule has 1 aliphatic heterocycles. The maximum absolute atomic E-state index is 12.1. The van der Waals surface area contributed by atoms with Crippen molar-refractivity contribution in [2.75, 3.05) is 26.2 Å². The Balaban J connectivity index is 1.77. The first-order chi connectivity index (χ1) is 12.7. The normalized spacial score (nSPS) is 21.3. The van der Waals surface area contributed by atoms with Crippen LogP contribution in [0.4, 0.5) is 5.69 Å². The predicted octanol–water partition coefficient (Wildman–Crippen LogP) is 1.81. The topological polar surface area (TPSA) is 105 Å². The minimum absolute atomic E-state index is 0.0234. The van der Waals surface area contributed by atoms with Gasteiger partial charge in [0.15, 0.2) is 0 Å². The van der Waals surface area contributed by atoms with Gasteiger partial charge in [-0.2, -0.15) is 0 Å². The fraction of sp³-hybridized carbons (Fsp3) is 0.579. The average molecular weight is 376 g/mol. The van der Waals surface area contributed by atoms with Crippen LogP contribution in [0.3, 0.4) is 0 Å². The number of hydrogen-bond acceptors (Lipinski definition) is 5. The number of nitrogens with zero attached hydrogens (tertiary/aromatic N) is 2. The van der Waals surface area contributed by atoms with Gasteiger partial charge in [0.1, 0.15) is 0 Å². The second-order valence-electron chi connectivity index (χ2n) is 7.62. The van der Waals surface area contributed by atoms with Crippen molar-refractivity contribution in [3.8, 4) is 0 Å². The summed E-state index contributed by atoms with van der Waals surface area (Å²) in [4.78, 5) is 36.7. The molecule has 1 aromatic rings. The minimum atomic E-state index is -0.562. The molecular formula is C19H28N4O4. The maximum Gasteiger partial charge on any atom is 0.270 e. The van der Waals surface area contributed by atoms with E-state index in [4.69, 9.17) is 0 Å². The van der Waals surface area contributed by atoms with Gasteiger partial charge in [-0.15, -0.1) is 0 Å². The summed E-state index contributed by atoms with van der Waals surface area (Å²) in [5.41, 5.74) is -0.00736. The summed E-state index contributed by atoms with van der Waals surface area (Å²) in [5.74, 6) is 0.524. The van der Waals surface area contributed by atoms with Gasteiger partial charge in [-0.3, -0.25) is 19.7 Å². The molecular weight excluding hydrogens is 348 g/mol. The van der Waals surface area contributed by atoms with Gasteiger partial charge in [0, 0.05) is 43.4 Å². The van der Waals surface area contributed by atoms with Crippen LogP contribution in [0.15, 0.2) is 24.3 Å². The number of amides is 2. The van der Waals surface area contributed by atoms with Crippen molar-refractivity contribution >= 4 is 17.5 Å². The Morgan fingerprint density at radius 1 is 1.30 bits per heavy atom. The van der Waals surface area contributed by atoms with Gasteiger partial charge in [-0.25, -0.2) is 0 Å². The molecule has 0 saturated carbocycles. The molecule has 0 aromatic heterocycles. The summed E-state index contributed by atoms with van der Waals surface area (Å²) in [6.07, 6.45) is 1.24. The van der Waals surface area contributed by atoms with Crippen molar-refractivity contribution < 1.29 is 14.5 Å². The molecule has 2 rings (SSSR count). The summed E-state index contributed by atoms with van der Waals surface area (Å²) in [5, 5.41) is 16.2. The molecule has 2 amide bonds. The fourth-order valence-electron chi connectivity index (χ4n) is 3.72. The molecule has 1 fully saturated rings. The van der Waals surface area contributed by atoms with Crippen LogP contribution in [0.25, 0.3) is 0 Å². The highest BCUT2D eigenvalue weighted by molar-refractivity contribution is 5.96. The quantitative estimate of drug-likeness (QED) is 0.558. The zero-order valence-corrected chi connectivity index (χ0v) is 16.1. The van der Waals surface area contributed by atoms with Crippen LogP contribution < -0.4 is 10.6 Å². The molecule has 148 valence electrons. The summed E-state index contributed by atoms with van der Waals surface area (Å²) in [6.45, 7) is 9.12. The lowest BCUT2D eigenvalue weighted by Crippen LogP contribution is -2.48. The number of likely N-dealkylation sites (tertiary alicyclic amines) is 1. The number of piperidine rings is 1. The molecule has 2 N–H and O–H groups in total. The third kappa shape index (κ3) is 6.63. The van der Waals surface area contributed by atoms with E-state index in [9.17, 15) is 19.7 Å². The molecule has 8 nitrogen and oxygen atoms in total. The second kappa shape index (κ2) is 9.45. The molecule has 3 unspecified atom stereocenters. The van der Waals surface area contributed by atoms with E-state index >= 15 is 0 Å². The molecule has 1 aromatic carbocycles. The first-order valence-electron chi connectivity index (χ1n) is 9.29. The Hall–Kier alpha value is -2.48. The monoisotopic (exact) mass is 376 g/mol. The minimum Gasteiger partial charge on any atom is -0.351 e. The lowest BCUT2D eigenvalue weighted by atomic mass is 9.92. The SMILES string of the molecule is CC1CC(C)CN(CC(C)NC(=O)CNC(=O)c2cccc([N+](=O)[O-])c2)C1. The van der Waals surface area contributed by atoms with Gasteiger partial charge >= 0.3 is 0 Å². The molecule has 8 heteroatoms. The van der Waals surface area contributed by atoms with Crippen LogP contribution in [0.2, 0.25) is 0 Å². The van der Waals surface area contributed by atoms with Gasteiger partial charge in [0.25, 0.3) is 11.6 Å². The van der Waals surface area contributed by atoms with Crippen LogP contribution >= 0.6 is 0 Å². The lowest BCUT2D eigenvalue weighted by Gasteiger charge is -2.36. The maximum atomic E-state index is 12.1. The number of carbonyl (C=O) groups excluding carboxylic acids is 2. The number of carbonyl (C=O) groups is 2. The summed E-state index contributed by atoms with van der Waals surface area (Å²) in [7, 11) is 0. The highest BCUT2D eigenvalue weighted by Crippen LogP contribution is 2.20. The number of nitro benzene ring substituents is 1. The Labute approximate surface area is 159 Å². The van der Waals surface area contributed by atoms with Gasteiger partial charge in [0.2, 0.25) is 5.91 Å². The molecule has 1 aliphatic rings. The van der Waals surface area contributed by atoms with E-state index in [1.54, 1.807) is 0 Å².